The highest BCUT2D eigenvalue weighted by atomic mass is 32.2. The van der Waals surface area contributed by atoms with E-state index in [-0.39, 0.29) is 11.5 Å². The summed E-state index contributed by atoms with van der Waals surface area (Å²) in [5.41, 5.74) is 0.0474. The molecule has 1 N–H and O–H groups in total. The Balaban J connectivity index is 3.00. The Hall–Kier alpha value is -1.01. The third-order valence-electron chi connectivity index (χ3n) is 1.51. The van der Waals surface area contributed by atoms with Crippen LogP contribution >= 0.6 is 23.1 Å². The van der Waals surface area contributed by atoms with Gasteiger partial charge in [-0.15, -0.1) is 23.1 Å². The molecule has 0 fully saturated rings. The van der Waals surface area contributed by atoms with Crippen molar-refractivity contribution in [3.63, 3.8) is 0 Å². The van der Waals surface area contributed by atoms with Gasteiger partial charge < -0.3 is 15.2 Å². The lowest BCUT2D eigenvalue weighted by atomic mass is 10.3. The summed E-state index contributed by atoms with van der Waals surface area (Å²) in [6.07, 6.45) is 0. The van der Waals surface area contributed by atoms with Crippen LogP contribution in [0.4, 0.5) is 5.00 Å². The van der Waals surface area contributed by atoms with E-state index in [0.29, 0.717) is 5.00 Å². The molecule has 4 nitrogen and oxygen atoms in total. The van der Waals surface area contributed by atoms with E-state index in [2.05, 4.69) is 5.32 Å². The highest BCUT2D eigenvalue weighted by molar-refractivity contribution is 8.01. The molecule has 6 heteroatoms. The maximum atomic E-state index is 10.8. The number of hydrogen-bond donors (Lipinski definition) is 1. The van der Waals surface area contributed by atoms with E-state index < -0.39 is 5.97 Å². The minimum Gasteiger partial charge on any atom is -0.545 e. The van der Waals surface area contributed by atoms with Crippen molar-refractivity contribution in [1.82, 2.24) is 0 Å². The number of rotatable bonds is 4. The molecule has 82 valence electrons. The first-order valence-electron chi connectivity index (χ1n) is 4.30. The zero-order chi connectivity index (χ0) is 11.4. The van der Waals surface area contributed by atoms with Gasteiger partial charge in [-0.25, -0.2) is 0 Å². The molecule has 0 radical (unpaired) electrons. The van der Waals surface area contributed by atoms with Crippen LogP contribution in [0.15, 0.2) is 10.3 Å². The number of hydrogen-bond acceptors (Lipinski definition) is 5. The molecule has 0 aliphatic rings. The van der Waals surface area contributed by atoms with Crippen molar-refractivity contribution in [2.24, 2.45) is 0 Å². The summed E-state index contributed by atoms with van der Waals surface area (Å²) >= 11 is 2.78. The Morgan fingerprint density at radius 1 is 1.60 bits per heavy atom. The summed E-state index contributed by atoms with van der Waals surface area (Å²) in [7, 11) is 0. The lowest BCUT2D eigenvalue weighted by molar-refractivity contribution is -0.254. The molecule has 1 aromatic rings. The molecule has 15 heavy (non-hydrogen) atoms. The SMILES string of the molecule is CCSc1cc(C(=O)[O-])c(NC(C)=O)s1. The molecule has 1 amide bonds. The fourth-order valence-corrected chi connectivity index (χ4v) is 3.14. The third kappa shape index (κ3) is 3.24. The first-order valence-corrected chi connectivity index (χ1v) is 6.10. The van der Waals surface area contributed by atoms with Gasteiger partial charge in [-0.3, -0.25) is 4.79 Å². The number of nitrogens with one attached hydrogen (secondary N) is 1. The van der Waals surface area contributed by atoms with Gasteiger partial charge in [0.05, 0.1) is 10.2 Å². The summed E-state index contributed by atoms with van der Waals surface area (Å²) in [4.78, 5) is 21.6. The van der Waals surface area contributed by atoms with Crippen LogP contribution in [-0.2, 0) is 4.79 Å². The second-order valence-electron chi connectivity index (χ2n) is 2.71. The van der Waals surface area contributed by atoms with Gasteiger partial charge in [0, 0.05) is 12.5 Å². The Bertz CT molecular complexity index is 387. The van der Waals surface area contributed by atoms with Crippen LogP contribution in [0.25, 0.3) is 0 Å². The average molecular weight is 244 g/mol. The quantitative estimate of drug-likeness (QED) is 0.807. The van der Waals surface area contributed by atoms with Gasteiger partial charge in [-0.05, 0) is 11.8 Å². The maximum Gasteiger partial charge on any atom is 0.221 e. The molecule has 1 heterocycles. The molecular formula is C9H10NO3S2-. The second kappa shape index (κ2) is 5.18. The van der Waals surface area contributed by atoms with Crippen LogP contribution in [0.2, 0.25) is 0 Å². The van der Waals surface area contributed by atoms with Gasteiger partial charge in [0.25, 0.3) is 0 Å². The molecule has 0 atom stereocenters. The number of carbonyl (C=O) groups is 2. The number of carboxylic acid groups (broad SMARTS) is 1. The number of thiophene rings is 1. The van der Waals surface area contributed by atoms with Gasteiger partial charge in [-0.1, -0.05) is 6.92 Å². The number of amides is 1. The lowest BCUT2D eigenvalue weighted by Gasteiger charge is -2.03. The average Bonchev–Trinajstić information content (AvgIpc) is 2.47. The second-order valence-corrected chi connectivity index (χ2v) is 5.33. The van der Waals surface area contributed by atoms with Crippen molar-refractivity contribution >= 4 is 40.0 Å². The van der Waals surface area contributed by atoms with Crippen molar-refractivity contribution < 1.29 is 14.7 Å². The van der Waals surface area contributed by atoms with E-state index in [1.165, 1.54) is 36.1 Å². The fourth-order valence-electron chi connectivity index (χ4n) is 0.986. The third-order valence-corrected chi connectivity index (χ3v) is 3.65. The van der Waals surface area contributed by atoms with Crippen LogP contribution in [0, 0.1) is 0 Å². The molecule has 1 aromatic heterocycles. The van der Waals surface area contributed by atoms with Crippen molar-refractivity contribution in [3.8, 4) is 0 Å². The van der Waals surface area contributed by atoms with E-state index in [1.807, 2.05) is 6.92 Å². The van der Waals surface area contributed by atoms with Crippen LogP contribution in [0.1, 0.15) is 24.2 Å². The van der Waals surface area contributed by atoms with Gasteiger partial charge in [0.2, 0.25) is 5.91 Å². The van der Waals surface area contributed by atoms with E-state index in [1.54, 1.807) is 0 Å². The Morgan fingerprint density at radius 3 is 2.73 bits per heavy atom. The van der Waals surface area contributed by atoms with Crippen molar-refractivity contribution in [2.75, 3.05) is 11.1 Å². The predicted molar refractivity (Wildman–Crippen MR) is 59.4 cm³/mol. The lowest BCUT2D eigenvalue weighted by Crippen LogP contribution is -2.23. The molecule has 0 spiro atoms. The van der Waals surface area contributed by atoms with Crippen LogP contribution in [0.5, 0.6) is 0 Å². The first kappa shape index (κ1) is 12.1. The normalized spacial score (nSPS) is 10.0. The van der Waals surface area contributed by atoms with Gasteiger partial charge in [-0.2, -0.15) is 0 Å². The summed E-state index contributed by atoms with van der Waals surface area (Å²) in [6, 6.07) is 1.53. The van der Waals surface area contributed by atoms with E-state index in [0.717, 1.165) is 9.96 Å². The number of anilines is 1. The number of thioether (sulfide) groups is 1. The minimum absolute atomic E-state index is 0.0474. The van der Waals surface area contributed by atoms with Crippen molar-refractivity contribution in [2.45, 2.75) is 18.1 Å². The van der Waals surface area contributed by atoms with Crippen LogP contribution in [0.3, 0.4) is 0 Å². The summed E-state index contributed by atoms with van der Waals surface area (Å²) in [6.45, 7) is 3.31. The highest BCUT2D eigenvalue weighted by Gasteiger charge is 2.10. The summed E-state index contributed by atoms with van der Waals surface area (Å²) < 4.78 is 0.862. The molecule has 0 aromatic carbocycles. The smallest absolute Gasteiger partial charge is 0.221 e. The standard InChI is InChI=1S/C9H11NO3S2/c1-3-14-7-4-6(9(12)13)8(15-7)10-5(2)11/h4H,3H2,1-2H3,(H,10,11)(H,12,13)/p-1. The molecule has 0 unspecified atom stereocenters. The molecule has 0 aliphatic carbocycles. The first-order chi connectivity index (χ1) is 7.04. The zero-order valence-corrected chi connectivity index (χ0v) is 9.96. The van der Waals surface area contributed by atoms with E-state index in [9.17, 15) is 14.7 Å². The fraction of sp³-hybridized carbons (Fsp3) is 0.333. The topological polar surface area (TPSA) is 69.2 Å². The minimum atomic E-state index is -1.27. The number of aromatic carboxylic acids is 1. The summed E-state index contributed by atoms with van der Waals surface area (Å²) in [5, 5.41) is 13.6. The Kier molecular flexibility index (Phi) is 4.16. The molecule has 0 saturated carbocycles. The molecule has 1 rings (SSSR count). The largest absolute Gasteiger partial charge is 0.545 e. The molecule has 0 aliphatic heterocycles. The number of carbonyl (C=O) groups excluding carboxylic acids is 2. The van der Waals surface area contributed by atoms with Crippen molar-refractivity contribution in [1.29, 1.82) is 0 Å². The van der Waals surface area contributed by atoms with E-state index in [4.69, 9.17) is 0 Å². The highest BCUT2D eigenvalue weighted by Crippen LogP contribution is 2.34. The van der Waals surface area contributed by atoms with Gasteiger partial charge in [0.15, 0.2) is 0 Å². The van der Waals surface area contributed by atoms with E-state index >= 15 is 0 Å². The van der Waals surface area contributed by atoms with Crippen LogP contribution in [-0.4, -0.2) is 17.6 Å². The summed E-state index contributed by atoms with van der Waals surface area (Å²) in [5.74, 6) is -0.697. The molecule has 0 bridgehead atoms. The number of carboxylic acids is 1. The Labute approximate surface area is 95.7 Å². The zero-order valence-electron chi connectivity index (χ0n) is 8.33. The van der Waals surface area contributed by atoms with Crippen molar-refractivity contribution in [3.05, 3.63) is 11.6 Å². The van der Waals surface area contributed by atoms with Crippen LogP contribution < -0.4 is 10.4 Å². The van der Waals surface area contributed by atoms with Gasteiger partial charge in [0.1, 0.15) is 5.00 Å². The molecule has 0 saturated heterocycles. The van der Waals surface area contributed by atoms with Gasteiger partial charge >= 0.3 is 0 Å². The monoisotopic (exact) mass is 244 g/mol. The Morgan fingerprint density at radius 2 is 2.27 bits per heavy atom. The predicted octanol–water partition coefficient (Wildman–Crippen LogP) is 1.18. The molecular weight excluding hydrogens is 234 g/mol. The maximum absolute atomic E-state index is 10.8.